The summed E-state index contributed by atoms with van der Waals surface area (Å²) in [5.74, 6) is 1.83. The van der Waals surface area contributed by atoms with Crippen molar-refractivity contribution >= 4 is 29.6 Å². The molecule has 1 aromatic carbocycles. The molecular weight excluding hydrogens is 364 g/mol. The fraction of sp³-hybridized carbons (Fsp3) is 0.167. The van der Waals surface area contributed by atoms with Crippen molar-refractivity contribution in [1.82, 2.24) is 14.5 Å². The molecule has 2 aliphatic heterocycles. The lowest BCUT2D eigenvalue weighted by Crippen LogP contribution is -3.10. The van der Waals surface area contributed by atoms with Gasteiger partial charge in [0, 0.05) is 16.7 Å². The molecule has 0 amide bonds. The second-order valence-electron chi connectivity index (χ2n) is 6.29. The summed E-state index contributed by atoms with van der Waals surface area (Å²) >= 11 is 1.55. The molecule has 138 valence electrons. The van der Waals surface area contributed by atoms with Gasteiger partial charge in [0.05, 0.1) is 18.8 Å². The number of anilines is 1. The molecule has 0 aliphatic carbocycles. The van der Waals surface area contributed by atoms with E-state index >= 15 is 0 Å². The number of aliphatic carboxylic acids is 1. The first-order chi connectivity index (χ1) is 13.1. The van der Waals surface area contributed by atoms with Gasteiger partial charge in [-0.2, -0.15) is 5.10 Å². The van der Waals surface area contributed by atoms with Crippen LogP contribution in [0.1, 0.15) is 11.3 Å². The summed E-state index contributed by atoms with van der Waals surface area (Å²) < 4.78 is 2.08. The average molecular weight is 383 g/mol. The van der Waals surface area contributed by atoms with Crippen molar-refractivity contribution < 1.29 is 14.8 Å². The fourth-order valence-electron chi connectivity index (χ4n) is 2.95. The standard InChI is InChI=1S/C18H18N6O2S/c1-12-7-15(22-21-12)20-17-11-23(10-16-19-5-6-24(16)17)27-14-4-2-3-13(8-14)9-18(25)26/h2-8,11H,9-10H2,1H3,(H,25,26)(H2,20,21,22)/p+1. The number of quaternary nitrogens is 1. The van der Waals surface area contributed by atoms with Crippen LogP contribution >= 0.6 is 11.9 Å². The molecular formula is C18H19N6O2S+. The molecule has 9 heteroatoms. The number of carboxylic acid groups (broad SMARTS) is 1. The van der Waals surface area contributed by atoms with E-state index in [9.17, 15) is 4.79 Å². The third-order valence-corrected chi connectivity index (χ3v) is 5.03. The number of benzene rings is 1. The lowest BCUT2D eigenvalue weighted by Gasteiger charge is -2.27. The smallest absolute Gasteiger partial charge is 0.307 e. The summed E-state index contributed by atoms with van der Waals surface area (Å²) in [4.78, 5) is 17.4. The van der Waals surface area contributed by atoms with Gasteiger partial charge in [-0.15, -0.1) is 0 Å². The van der Waals surface area contributed by atoms with E-state index in [1.807, 2.05) is 49.7 Å². The molecule has 2 aliphatic rings. The van der Waals surface area contributed by atoms with Gasteiger partial charge in [0.2, 0.25) is 11.7 Å². The molecule has 3 heterocycles. The van der Waals surface area contributed by atoms with E-state index in [4.69, 9.17) is 5.11 Å². The highest BCUT2D eigenvalue weighted by Crippen LogP contribution is 2.25. The van der Waals surface area contributed by atoms with Crippen LogP contribution in [0.5, 0.6) is 0 Å². The number of carbonyl (C=O) groups is 1. The maximum absolute atomic E-state index is 10.9. The lowest BCUT2D eigenvalue weighted by atomic mass is 10.2. The summed E-state index contributed by atoms with van der Waals surface area (Å²) in [6.45, 7) is 2.62. The van der Waals surface area contributed by atoms with Crippen molar-refractivity contribution in [3.05, 3.63) is 66.0 Å². The second-order valence-corrected chi connectivity index (χ2v) is 7.42. The molecule has 4 rings (SSSR count). The molecule has 1 atom stereocenters. The van der Waals surface area contributed by atoms with Crippen LogP contribution in [-0.2, 0) is 11.2 Å². The van der Waals surface area contributed by atoms with Crippen molar-refractivity contribution in [1.29, 1.82) is 0 Å². The number of aromatic nitrogens is 2. The zero-order chi connectivity index (χ0) is 18.8. The van der Waals surface area contributed by atoms with Crippen LogP contribution in [0.2, 0.25) is 0 Å². The van der Waals surface area contributed by atoms with Gasteiger partial charge in [0.1, 0.15) is 12.7 Å². The number of aromatic amines is 1. The van der Waals surface area contributed by atoms with E-state index in [0.29, 0.717) is 6.54 Å². The first-order valence-electron chi connectivity index (χ1n) is 8.44. The highest BCUT2D eigenvalue weighted by Gasteiger charge is 2.32. The molecule has 27 heavy (non-hydrogen) atoms. The zero-order valence-electron chi connectivity index (χ0n) is 14.6. The van der Waals surface area contributed by atoms with E-state index in [1.165, 1.54) is 0 Å². The Bertz CT molecular complexity index is 964. The number of rotatable bonds is 6. The highest BCUT2D eigenvalue weighted by molar-refractivity contribution is 7.97. The number of aryl methyl sites for hydroxylation is 1. The Morgan fingerprint density at radius 2 is 2.33 bits per heavy atom. The Morgan fingerprint density at radius 3 is 3.11 bits per heavy atom. The molecule has 0 spiro atoms. The van der Waals surface area contributed by atoms with E-state index in [-0.39, 0.29) is 6.42 Å². The molecule has 0 saturated heterocycles. The van der Waals surface area contributed by atoms with Crippen molar-refractivity contribution in [3.8, 4) is 0 Å². The van der Waals surface area contributed by atoms with E-state index < -0.39 is 5.97 Å². The highest BCUT2D eigenvalue weighted by atomic mass is 32.2. The minimum Gasteiger partial charge on any atom is -0.481 e. The number of nitrogens with one attached hydrogen (secondary N) is 3. The lowest BCUT2D eigenvalue weighted by molar-refractivity contribution is -0.699. The first kappa shape index (κ1) is 17.4. The molecule has 1 aromatic heterocycles. The van der Waals surface area contributed by atoms with Gasteiger partial charge in [-0.05, 0) is 36.6 Å². The Kier molecular flexibility index (Phi) is 4.69. The predicted molar refractivity (Wildman–Crippen MR) is 103 cm³/mol. The average Bonchev–Trinajstić information content (AvgIpc) is 3.23. The number of fused-ring (bicyclic) bond motifs is 1. The van der Waals surface area contributed by atoms with Crippen LogP contribution < -0.4 is 10.2 Å². The number of aliphatic imine (C=N–C) groups is 1. The number of amidine groups is 1. The van der Waals surface area contributed by atoms with E-state index in [0.717, 1.165) is 38.5 Å². The summed E-state index contributed by atoms with van der Waals surface area (Å²) in [6, 6.07) is 9.53. The Morgan fingerprint density at radius 1 is 1.44 bits per heavy atom. The van der Waals surface area contributed by atoms with Crippen LogP contribution in [-0.4, -0.2) is 38.0 Å². The number of carboxylic acids is 1. The summed E-state index contributed by atoms with van der Waals surface area (Å²) in [7, 11) is 0. The minimum absolute atomic E-state index is 0.0180. The van der Waals surface area contributed by atoms with Crippen molar-refractivity contribution in [2.75, 3.05) is 11.9 Å². The van der Waals surface area contributed by atoms with Crippen molar-refractivity contribution in [2.45, 2.75) is 18.2 Å². The van der Waals surface area contributed by atoms with Gasteiger partial charge >= 0.3 is 5.97 Å². The first-order valence-corrected chi connectivity index (χ1v) is 9.21. The summed E-state index contributed by atoms with van der Waals surface area (Å²) in [5.41, 5.74) is 1.77. The topological polar surface area (TPSA) is 98.1 Å². The Balaban J connectivity index is 1.54. The molecule has 1 unspecified atom stereocenters. The molecule has 4 N–H and O–H groups in total. The fourth-order valence-corrected chi connectivity index (χ4v) is 3.91. The SMILES string of the molecule is Cc1cc(NC2=CN(Sc3cccc(CC(=O)O)c3)CC3=NC=C[NH+]23)n[nH]1. The second kappa shape index (κ2) is 7.29. The summed E-state index contributed by atoms with van der Waals surface area (Å²) in [5, 5.41) is 19.5. The summed E-state index contributed by atoms with van der Waals surface area (Å²) in [6.07, 6.45) is 5.84. The van der Waals surface area contributed by atoms with E-state index in [2.05, 4.69) is 24.8 Å². The molecule has 0 radical (unpaired) electrons. The normalized spacial score (nSPS) is 18.1. The predicted octanol–water partition coefficient (Wildman–Crippen LogP) is 1.35. The molecule has 0 bridgehead atoms. The zero-order valence-corrected chi connectivity index (χ0v) is 15.5. The Hall–Kier alpha value is -3.04. The molecule has 2 aromatic rings. The third kappa shape index (κ3) is 4.04. The minimum atomic E-state index is -0.832. The van der Waals surface area contributed by atoms with Gasteiger partial charge in [-0.25, -0.2) is 9.89 Å². The van der Waals surface area contributed by atoms with Gasteiger partial charge in [0.15, 0.2) is 5.82 Å². The quantitative estimate of drug-likeness (QED) is 0.562. The van der Waals surface area contributed by atoms with E-state index in [1.54, 1.807) is 18.1 Å². The van der Waals surface area contributed by atoms with Crippen LogP contribution in [0.15, 0.2) is 64.6 Å². The van der Waals surface area contributed by atoms with Crippen molar-refractivity contribution in [2.24, 2.45) is 4.99 Å². The van der Waals surface area contributed by atoms with Gasteiger partial charge in [-0.3, -0.25) is 19.5 Å². The van der Waals surface area contributed by atoms with Crippen LogP contribution in [0.25, 0.3) is 0 Å². The molecule has 0 saturated carbocycles. The van der Waals surface area contributed by atoms with Gasteiger partial charge in [-0.1, -0.05) is 12.1 Å². The van der Waals surface area contributed by atoms with Crippen LogP contribution in [0, 0.1) is 6.92 Å². The van der Waals surface area contributed by atoms with Gasteiger partial charge in [0.25, 0.3) is 0 Å². The van der Waals surface area contributed by atoms with Crippen LogP contribution in [0.4, 0.5) is 5.82 Å². The monoisotopic (exact) mass is 383 g/mol. The largest absolute Gasteiger partial charge is 0.481 e. The Labute approximate surface area is 160 Å². The molecule has 8 nitrogen and oxygen atoms in total. The van der Waals surface area contributed by atoms with Crippen LogP contribution in [0.3, 0.4) is 0 Å². The number of nitrogens with zero attached hydrogens (tertiary/aromatic N) is 3. The maximum atomic E-state index is 10.9. The maximum Gasteiger partial charge on any atom is 0.307 e. The third-order valence-electron chi connectivity index (χ3n) is 4.10. The molecule has 0 fully saturated rings. The number of H-pyrrole nitrogens is 1. The number of hydrogen-bond acceptors (Lipinski definition) is 6. The van der Waals surface area contributed by atoms with Crippen molar-refractivity contribution in [3.63, 3.8) is 0 Å². The number of hydrogen-bond donors (Lipinski definition) is 4. The van der Waals surface area contributed by atoms with Gasteiger partial charge < -0.3 is 5.11 Å².